The molecule has 9 heavy (non-hydrogen) atoms. The van der Waals surface area contributed by atoms with Gasteiger partial charge in [0.1, 0.15) is 0 Å². The van der Waals surface area contributed by atoms with Crippen LogP contribution < -0.4 is 5.73 Å². The van der Waals surface area contributed by atoms with E-state index in [0.29, 0.717) is 5.92 Å². The van der Waals surface area contributed by atoms with Crippen molar-refractivity contribution in [1.29, 1.82) is 5.26 Å². The highest BCUT2D eigenvalue weighted by Crippen LogP contribution is 2.27. The molecule has 0 radical (unpaired) electrons. The van der Waals surface area contributed by atoms with Crippen molar-refractivity contribution in [3.05, 3.63) is 11.3 Å². The summed E-state index contributed by atoms with van der Waals surface area (Å²) in [6, 6.07) is 2.12. The van der Waals surface area contributed by atoms with Crippen LogP contribution in [0.1, 0.15) is 19.8 Å². The highest BCUT2D eigenvalue weighted by molar-refractivity contribution is 5.31. The van der Waals surface area contributed by atoms with Gasteiger partial charge >= 0.3 is 0 Å². The summed E-state index contributed by atoms with van der Waals surface area (Å²) < 4.78 is 0. The summed E-state index contributed by atoms with van der Waals surface area (Å²) in [5.74, 6) is 0.398. The van der Waals surface area contributed by atoms with E-state index in [-0.39, 0.29) is 0 Å². The molecule has 0 saturated carbocycles. The first-order valence-corrected chi connectivity index (χ1v) is 3.14. The number of allylic oxidation sites excluding steroid dienone is 2. The lowest BCUT2D eigenvalue weighted by molar-refractivity contribution is 0.681. The maximum Gasteiger partial charge on any atom is 0.0968 e. The molecule has 0 heterocycles. The smallest absolute Gasteiger partial charge is 0.0968 e. The Balaban J connectivity index is 2.85. The Kier molecular flexibility index (Phi) is 1.44. The van der Waals surface area contributed by atoms with Crippen LogP contribution in [0, 0.1) is 17.2 Å². The van der Waals surface area contributed by atoms with E-state index in [0.717, 1.165) is 24.1 Å². The zero-order chi connectivity index (χ0) is 6.85. The van der Waals surface area contributed by atoms with Crippen molar-refractivity contribution < 1.29 is 0 Å². The van der Waals surface area contributed by atoms with Gasteiger partial charge in [-0.1, -0.05) is 6.92 Å². The van der Waals surface area contributed by atoms with Crippen LogP contribution in [0.25, 0.3) is 0 Å². The molecule has 48 valence electrons. The van der Waals surface area contributed by atoms with Gasteiger partial charge in [0.15, 0.2) is 0 Å². The van der Waals surface area contributed by atoms with Crippen LogP contribution in [-0.2, 0) is 0 Å². The Hall–Kier alpha value is -0.970. The van der Waals surface area contributed by atoms with Crippen molar-refractivity contribution in [2.45, 2.75) is 19.8 Å². The van der Waals surface area contributed by atoms with E-state index in [2.05, 4.69) is 6.07 Å². The Bertz CT molecular complexity index is 186. The number of rotatable bonds is 0. The van der Waals surface area contributed by atoms with Crippen molar-refractivity contribution in [2.24, 2.45) is 11.7 Å². The number of nitrogens with zero attached hydrogens (tertiary/aromatic N) is 1. The second kappa shape index (κ2) is 2.10. The van der Waals surface area contributed by atoms with Gasteiger partial charge in [-0.25, -0.2) is 0 Å². The molecule has 0 aromatic heterocycles. The molecule has 2 heteroatoms. The van der Waals surface area contributed by atoms with Crippen LogP contribution in [0.2, 0.25) is 0 Å². The van der Waals surface area contributed by atoms with Gasteiger partial charge in [0.25, 0.3) is 0 Å². The normalized spacial score (nSPS) is 26.4. The van der Waals surface area contributed by atoms with Gasteiger partial charge < -0.3 is 5.73 Å². The lowest BCUT2D eigenvalue weighted by atomic mass is 10.1. The summed E-state index contributed by atoms with van der Waals surface area (Å²) in [4.78, 5) is 0. The van der Waals surface area contributed by atoms with Crippen molar-refractivity contribution in [3.8, 4) is 6.07 Å². The highest BCUT2D eigenvalue weighted by Gasteiger charge is 2.18. The van der Waals surface area contributed by atoms with E-state index in [1.807, 2.05) is 6.92 Å². The zero-order valence-corrected chi connectivity index (χ0v) is 5.52. The van der Waals surface area contributed by atoms with E-state index in [9.17, 15) is 0 Å². The van der Waals surface area contributed by atoms with E-state index in [1.54, 1.807) is 0 Å². The largest absolute Gasteiger partial charge is 0.401 e. The first-order chi connectivity index (χ1) is 4.25. The van der Waals surface area contributed by atoms with Crippen molar-refractivity contribution in [2.75, 3.05) is 0 Å². The molecule has 2 nitrogen and oxygen atoms in total. The van der Waals surface area contributed by atoms with Gasteiger partial charge in [0.05, 0.1) is 11.6 Å². The number of hydrogen-bond donors (Lipinski definition) is 1. The van der Waals surface area contributed by atoms with E-state index < -0.39 is 0 Å². The minimum absolute atomic E-state index is 0.398. The van der Waals surface area contributed by atoms with Crippen LogP contribution in [0.4, 0.5) is 0 Å². The molecule has 0 aliphatic heterocycles. The van der Waals surface area contributed by atoms with Gasteiger partial charge in [-0.15, -0.1) is 0 Å². The molecular formula is C7H10N2. The van der Waals surface area contributed by atoms with Gasteiger partial charge in [-0.05, 0) is 18.8 Å². The monoisotopic (exact) mass is 122 g/mol. The van der Waals surface area contributed by atoms with E-state index in [4.69, 9.17) is 11.0 Å². The summed E-state index contributed by atoms with van der Waals surface area (Å²) in [5.41, 5.74) is 7.13. The maximum absolute atomic E-state index is 8.52. The quantitative estimate of drug-likeness (QED) is 0.524. The number of nitriles is 1. The molecule has 0 spiro atoms. The molecule has 0 saturated heterocycles. The highest BCUT2D eigenvalue weighted by atomic mass is 14.6. The molecular weight excluding hydrogens is 112 g/mol. The minimum Gasteiger partial charge on any atom is -0.401 e. The van der Waals surface area contributed by atoms with Crippen LogP contribution in [0.3, 0.4) is 0 Å². The molecule has 0 aromatic rings. The van der Waals surface area contributed by atoms with Gasteiger partial charge in [-0.2, -0.15) is 5.26 Å². The van der Waals surface area contributed by atoms with Crippen molar-refractivity contribution in [1.82, 2.24) is 0 Å². The third-order valence-corrected chi connectivity index (χ3v) is 1.81. The maximum atomic E-state index is 8.52. The molecule has 0 fully saturated rings. The summed E-state index contributed by atoms with van der Waals surface area (Å²) in [6.45, 7) is 2.04. The summed E-state index contributed by atoms with van der Waals surface area (Å²) in [5, 5.41) is 8.52. The molecule has 2 N–H and O–H groups in total. The second-order valence-electron chi connectivity index (χ2n) is 2.49. The van der Waals surface area contributed by atoms with Crippen LogP contribution in [0.15, 0.2) is 11.3 Å². The second-order valence-corrected chi connectivity index (χ2v) is 2.49. The number of nitrogens with two attached hydrogens (primary N) is 1. The van der Waals surface area contributed by atoms with Crippen LogP contribution in [-0.4, -0.2) is 0 Å². The summed E-state index contributed by atoms with van der Waals surface area (Å²) >= 11 is 0. The third kappa shape index (κ3) is 0.904. The lowest BCUT2D eigenvalue weighted by Crippen LogP contribution is -1.96. The molecule has 0 amide bonds. The van der Waals surface area contributed by atoms with E-state index >= 15 is 0 Å². The average molecular weight is 122 g/mol. The fraction of sp³-hybridized carbons (Fsp3) is 0.571. The van der Waals surface area contributed by atoms with Crippen molar-refractivity contribution >= 4 is 0 Å². The SMILES string of the molecule is CC1CCC(N)=C1C#N. The predicted molar refractivity (Wildman–Crippen MR) is 35.2 cm³/mol. The fourth-order valence-electron chi connectivity index (χ4n) is 1.15. The van der Waals surface area contributed by atoms with E-state index in [1.165, 1.54) is 0 Å². The predicted octanol–water partition coefficient (Wildman–Crippen LogP) is 1.15. The van der Waals surface area contributed by atoms with Gasteiger partial charge in [-0.3, -0.25) is 0 Å². The Morgan fingerprint density at radius 2 is 2.44 bits per heavy atom. The minimum atomic E-state index is 0.398. The Morgan fingerprint density at radius 1 is 1.78 bits per heavy atom. The average Bonchev–Trinajstić information content (AvgIpc) is 2.12. The van der Waals surface area contributed by atoms with Crippen LogP contribution >= 0.6 is 0 Å². The molecule has 1 rings (SSSR count). The van der Waals surface area contributed by atoms with Crippen LogP contribution in [0.5, 0.6) is 0 Å². The lowest BCUT2D eigenvalue weighted by Gasteiger charge is -1.96. The topological polar surface area (TPSA) is 49.8 Å². The third-order valence-electron chi connectivity index (χ3n) is 1.81. The molecule has 0 bridgehead atoms. The van der Waals surface area contributed by atoms with Gasteiger partial charge in [0.2, 0.25) is 0 Å². The molecule has 1 aliphatic rings. The summed E-state index contributed by atoms with van der Waals surface area (Å²) in [7, 11) is 0. The standard InChI is InChI=1S/C7H10N2/c1-5-2-3-7(9)6(5)4-8/h5H,2-3,9H2,1H3. The Morgan fingerprint density at radius 3 is 2.67 bits per heavy atom. The fourth-order valence-corrected chi connectivity index (χ4v) is 1.15. The molecule has 0 aromatic carbocycles. The Labute approximate surface area is 55.0 Å². The van der Waals surface area contributed by atoms with Crippen molar-refractivity contribution in [3.63, 3.8) is 0 Å². The number of hydrogen-bond acceptors (Lipinski definition) is 2. The van der Waals surface area contributed by atoms with Gasteiger partial charge in [0, 0.05) is 5.70 Å². The summed E-state index contributed by atoms with van der Waals surface area (Å²) in [6.07, 6.45) is 1.96. The zero-order valence-electron chi connectivity index (χ0n) is 5.52. The molecule has 1 aliphatic carbocycles. The molecule has 1 atom stereocenters. The molecule has 1 unspecified atom stereocenters. The first kappa shape index (κ1) is 6.15. The first-order valence-electron chi connectivity index (χ1n) is 3.14.